The van der Waals surface area contributed by atoms with E-state index in [9.17, 15) is 18.0 Å². The number of hydrogen-bond acceptors (Lipinski definition) is 2. The lowest BCUT2D eigenvalue weighted by Crippen LogP contribution is -2.49. The van der Waals surface area contributed by atoms with E-state index in [1.54, 1.807) is 0 Å². The monoisotopic (exact) mass is 364 g/mol. The average molecular weight is 365 g/mol. The third-order valence-electron chi connectivity index (χ3n) is 3.67. The number of carbonyl (C=O) groups is 1. The summed E-state index contributed by atoms with van der Waals surface area (Å²) in [6.07, 6.45) is -0.943. The molecule has 1 aromatic rings. The van der Waals surface area contributed by atoms with E-state index in [-0.39, 0.29) is 22.1 Å². The van der Waals surface area contributed by atoms with E-state index in [0.717, 1.165) is 31.7 Å². The normalized spacial score (nSPS) is 22.9. The molecule has 0 aliphatic heterocycles. The summed E-state index contributed by atoms with van der Waals surface area (Å²) in [5.74, 6) is -0.518. The molecule has 0 aromatic heterocycles. The third kappa shape index (κ3) is 3.97. The van der Waals surface area contributed by atoms with Crippen molar-refractivity contribution >= 4 is 21.8 Å². The van der Waals surface area contributed by atoms with E-state index in [2.05, 4.69) is 21.2 Å². The van der Waals surface area contributed by atoms with Crippen molar-refractivity contribution in [1.29, 1.82) is 0 Å². The number of halogens is 4. The van der Waals surface area contributed by atoms with E-state index in [0.29, 0.717) is 0 Å². The van der Waals surface area contributed by atoms with E-state index in [4.69, 9.17) is 5.73 Å². The lowest BCUT2D eigenvalue weighted by Gasteiger charge is -2.29. The average Bonchev–Trinajstić information content (AvgIpc) is 2.40. The summed E-state index contributed by atoms with van der Waals surface area (Å²) in [7, 11) is 0. The minimum absolute atomic E-state index is 0.0108. The standard InChI is InChI=1S/C14H16BrF3N2O/c15-10-6-5-8(7-9(10)14(16,17)18)13(21)20-12-4-2-1-3-11(12)19/h5-7,11-12H,1-4,19H2,(H,20,21)/t11-,12-/m1/s1. The minimum Gasteiger partial charge on any atom is -0.348 e. The topological polar surface area (TPSA) is 55.1 Å². The second kappa shape index (κ2) is 6.36. The van der Waals surface area contributed by atoms with Gasteiger partial charge < -0.3 is 11.1 Å². The fraction of sp³-hybridized carbons (Fsp3) is 0.500. The number of hydrogen-bond donors (Lipinski definition) is 2. The molecule has 0 radical (unpaired) electrons. The molecule has 2 rings (SSSR count). The number of benzene rings is 1. The molecule has 1 aliphatic carbocycles. The van der Waals surface area contributed by atoms with Crippen LogP contribution >= 0.6 is 15.9 Å². The first-order valence-corrected chi connectivity index (χ1v) is 7.51. The Morgan fingerprint density at radius 3 is 2.57 bits per heavy atom. The van der Waals surface area contributed by atoms with Gasteiger partial charge in [0.25, 0.3) is 5.91 Å². The molecule has 116 valence electrons. The van der Waals surface area contributed by atoms with E-state index < -0.39 is 17.6 Å². The number of amides is 1. The summed E-state index contributed by atoms with van der Waals surface area (Å²) < 4.78 is 38.4. The van der Waals surface area contributed by atoms with Gasteiger partial charge in [0.1, 0.15) is 0 Å². The molecule has 21 heavy (non-hydrogen) atoms. The molecule has 1 aliphatic rings. The minimum atomic E-state index is -4.50. The molecule has 3 nitrogen and oxygen atoms in total. The first kappa shape index (κ1) is 16.3. The van der Waals surface area contributed by atoms with Crippen molar-refractivity contribution in [1.82, 2.24) is 5.32 Å². The van der Waals surface area contributed by atoms with E-state index in [1.165, 1.54) is 12.1 Å². The molecule has 0 spiro atoms. The highest BCUT2D eigenvalue weighted by molar-refractivity contribution is 9.10. The maximum atomic E-state index is 12.8. The van der Waals surface area contributed by atoms with Crippen molar-refractivity contribution in [3.05, 3.63) is 33.8 Å². The van der Waals surface area contributed by atoms with Gasteiger partial charge in [0.05, 0.1) is 5.56 Å². The molecule has 0 unspecified atom stereocenters. The summed E-state index contributed by atoms with van der Waals surface area (Å²) in [5, 5.41) is 2.74. The summed E-state index contributed by atoms with van der Waals surface area (Å²) in [6.45, 7) is 0. The third-order valence-corrected chi connectivity index (χ3v) is 4.36. The molecular weight excluding hydrogens is 349 g/mol. The second-order valence-corrected chi connectivity index (χ2v) is 6.07. The number of carbonyl (C=O) groups excluding carboxylic acids is 1. The summed E-state index contributed by atoms with van der Waals surface area (Å²) in [6, 6.07) is 3.14. The summed E-state index contributed by atoms with van der Waals surface area (Å²) >= 11 is 2.85. The molecule has 3 N–H and O–H groups in total. The SMILES string of the molecule is N[C@@H]1CCCC[C@H]1NC(=O)c1ccc(Br)c(C(F)(F)F)c1. The second-order valence-electron chi connectivity index (χ2n) is 5.22. The molecule has 7 heteroatoms. The highest BCUT2D eigenvalue weighted by Gasteiger charge is 2.34. The van der Waals surface area contributed by atoms with Crippen LogP contribution in [-0.4, -0.2) is 18.0 Å². The molecular formula is C14H16BrF3N2O. The van der Waals surface area contributed by atoms with Crippen LogP contribution in [0.1, 0.15) is 41.6 Å². The van der Waals surface area contributed by atoms with Crippen LogP contribution in [0.3, 0.4) is 0 Å². The van der Waals surface area contributed by atoms with Gasteiger partial charge in [-0.25, -0.2) is 0 Å². The highest BCUT2D eigenvalue weighted by atomic mass is 79.9. The predicted molar refractivity (Wildman–Crippen MR) is 76.8 cm³/mol. The largest absolute Gasteiger partial charge is 0.417 e. The number of nitrogens with two attached hydrogens (primary N) is 1. The van der Waals surface area contributed by atoms with Crippen LogP contribution in [-0.2, 0) is 6.18 Å². The maximum Gasteiger partial charge on any atom is 0.417 e. The van der Waals surface area contributed by atoms with Crippen molar-refractivity contribution in [2.45, 2.75) is 43.9 Å². The van der Waals surface area contributed by atoms with Crippen LogP contribution in [0, 0.1) is 0 Å². The van der Waals surface area contributed by atoms with Gasteiger partial charge in [-0.2, -0.15) is 13.2 Å². The Bertz CT molecular complexity index is 533. The van der Waals surface area contributed by atoms with Crippen LogP contribution in [0.2, 0.25) is 0 Å². The van der Waals surface area contributed by atoms with Gasteiger partial charge in [0.15, 0.2) is 0 Å². The van der Waals surface area contributed by atoms with Gasteiger partial charge in [-0.1, -0.05) is 28.8 Å². The molecule has 0 heterocycles. The maximum absolute atomic E-state index is 12.8. The Kier molecular flexibility index (Phi) is 4.93. The molecule has 1 fully saturated rings. The van der Waals surface area contributed by atoms with Crippen LogP contribution in [0.15, 0.2) is 22.7 Å². The van der Waals surface area contributed by atoms with Gasteiger partial charge in [-0.3, -0.25) is 4.79 Å². The quantitative estimate of drug-likeness (QED) is 0.843. The van der Waals surface area contributed by atoms with Crippen LogP contribution in [0.4, 0.5) is 13.2 Å². The van der Waals surface area contributed by atoms with Crippen molar-refractivity contribution in [2.75, 3.05) is 0 Å². The molecule has 1 amide bonds. The summed E-state index contributed by atoms with van der Waals surface area (Å²) in [4.78, 5) is 12.1. The molecule has 0 bridgehead atoms. The fourth-order valence-electron chi connectivity index (χ4n) is 2.47. The zero-order chi connectivity index (χ0) is 15.6. The summed E-state index contributed by atoms with van der Waals surface area (Å²) in [5.41, 5.74) is 5.06. The van der Waals surface area contributed by atoms with Gasteiger partial charge in [0, 0.05) is 22.1 Å². The predicted octanol–water partition coefficient (Wildman–Crippen LogP) is 3.47. The van der Waals surface area contributed by atoms with Gasteiger partial charge in [0.2, 0.25) is 0 Å². The number of alkyl halides is 3. The van der Waals surface area contributed by atoms with Crippen LogP contribution in [0.5, 0.6) is 0 Å². The van der Waals surface area contributed by atoms with Gasteiger partial charge in [-0.05, 0) is 31.0 Å². The van der Waals surface area contributed by atoms with Gasteiger partial charge in [-0.15, -0.1) is 0 Å². The molecule has 1 saturated carbocycles. The lowest BCUT2D eigenvalue weighted by atomic mass is 9.91. The Morgan fingerprint density at radius 2 is 1.95 bits per heavy atom. The lowest BCUT2D eigenvalue weighted by molar-refractivity contribution is -0.138. The Hall–Kier alpha value is -1.08. The molecule has 2 atom stereocenters. The van der Waals surface area contributed by atoms with Gasteiger partial charge >= 0.3 is 6.18 Å². The smallest absolute Gasteiger partial charge is 0.348 e. The van der Waals surface area contributed by atoms with Crippen LogP contribution < -0.4 is 11.1 Å². The van der Waals surface area contributed by atoms with Crippen molar-refractivity contribution in [3.63, 3.8) is 0 Å². The molecule has 1 aromatic carbocycles. The number of rotatable bonds is 2. The first-order valence-electron chi connectivity index (χ1n) is 6.72. The van der Waals surface area contributed by atoms with Crippen molar-refractivity contribution < 1.29 is 18.0 Å². The fourth-order valence-corrected chi connectivity index (χ4v) is 2.95. The van der Waals surface area contributed by atoms with Crippen LogP contribution in [0.25, 0.3) is 0 Å². The highest BCUT2D eigenvalue weighted by Crippen LogP contribution is 2.35. The van der Waals surface area contributed by atoms with E-state index in [1.807, 2.05) is 0 Å². The van der Waals surface area contributed by atoms with E-state index >= 15 is 0 Å². The number of nitrogens with one attached hydrogen (secondary N) is 1. The van der Waals surface area contributed by atoms with Crippen molar-refractivity contribution in [2.24, 2.45) is 5.73 Å². The first-order chi connectivity index (χ1) is 9.79. The zero-order valence-electron chi connectivity index (χ0n) is 11.2. The molecule has 0 saturated heterocycles. The Balaban J connectivity index is 2.16. The zero-order valence-corrected chi connectivity index (χ0v) is 12.8. The van der Waals surface area contributed by atoms with Crippen molar-refractivity contribution in [3.8, 4) is 0 Å². The Labute approximate surface area is 129 Å². The Morgan fingerprint density at radius 1 is 1.29 bits per heavy atom.